The van der Waals surface area contributed by atoms with Crippen molar-refractivity contribution in [2.75, 3.05) is 18.5 Å². The number of nitrogens with zero attached hydrogens (tertiary/aromatic N) is 5. The minimum atomic E-state index is -1.04. The molecule has 3 aromatic rings. The molecule has 1 unspecified atom stereocenters. The largest absolute Gasteiger partial charge is 0.480 e. The van der Waals surface area contributed by atoms with E-state index >= 15 is 0 Å². The molecule has 0 radical (unpaired) electrons. The molecule has 0 spiro atoms. The van der Waals surface area contributed by atoms with Crippen molar-refractivity contribution >= 4 is 23.4 Å². The van der Waals surface area contributed by atoms with Crippen LogP contribution in [-0.4, -0.2) is 44.8 Å². The standard InChI is InChI=1S/C22H21FN6O3/c1-4-31-15-10-14(28-29(15)11-12-8-6-7-9-13(12)23)17-24-18-16-19(25-17)27-21(32-5-2)22(16,3)20(30)26-18/h6-10H,4-5,11H2,1-3H3,(H,24,25,26,30). The molecule has 1 N–H and O–H groups in total. The molecule has 0 fully saturated rings. The Morgan fingerprint density at radius 2 is 1.94 bits per heavy atom. The fraction of sp³-hybridized carbons (Fsp3) is 0.318. The third-order valence-corrected chi connectivity index (χ3v) is 5.53. The minimum Gasteiger partial charge on any atom is -0.480 e. The number of rotatable bonds is 6. The van der Waals surface area contributed by atoms with Crippen LogP contribution in [0.25, 0.3) is 11.5 Å². The molecule has 0 bridgehead atoms. The van der Waals surface area contributed by atoms with Crippen molar-refractivity contribution in [2.45, 2.75) is 32.7 Å². The van der Waals surface area contributed by atoms with E-state index < -0.39 is 5.41 Å². The zero-order valence-corrected chi connectivity index (χ0v) is 17.8. The quantitative estimate of drug-likeness (QED) is 0.636. The molecule has 0 aliphatic carbocycles. The van der Waals surface area contributed by atoms with Gasteiger partial charge in [-0.2, -0.15) is 10.1 Å². The number of hydrogen-bond acceptors (Lipinski definition) is 7. The van der Waals surface area contributed by atoms with Gasteiger partial charge in [0.25, 0.3) is 0 Å². The molecule has 2 aromatic heterocycles. The number of amides is 1. The first-order chi connectivity index (χ1) is 15.5. The lowest BCUT2D eigenvalue weighted by Gasteiger charge is -2.18. The van der Waals surface area contributed by atoms with Crippen LogP contribution in [0.15, 0.2) is 35.3 Å². The van der Waals surface area contributed by atoms with Crippen molar-refractivity contribution in [1.29, 1.82) is 0 Å². The summed E-state index contributed by atoms with van der Waals surface area (Å²) < 4.78 is 27.1. The van der Waals surface area contributed by atoms with Gasteiger partial charge < -0.3 is 14.8 Å². The monoisotopic (exact) mass is 436 g/mol. The molecule has 1 atom stereocenters. The number of halogens is 1. The molecule has 0 saturated heterocycles. The smallest absolute Gasteiger partial charge is 0.245 e. The van der Waals surface area contributed by atoms with Crippen LogP contribution in [0.1, 0.15) is 31.9 Å². The van der Waals surface area contributed by atoms with Crippen molar-refractivity contribution in [3.8, 4) is 17.4 Å². The SMILES string of the molecule is CCOC1=Nc2nc(-c3cc(OCC)n(Cc4ccccc4F)n3)nc3c2C1(C)C(=O)N3. The van der Waals surface area contributed by atoms with Gasteiger partial charge in [-0.05, 0) is 26.8 Å². The number of benzene rings is 1. The summed E-state index contributed by atoms with van der Waals surface area (Å²) in [5, 5.41) is 7.36. The van der Waals surface area contributed by atoms with Gasteiger partial charge >= 0.3 is 0 Å². The molecule has 164 valence electrons. The van der Waals surface area contributed by atoms with Gasteiger partial charge in [0.2, 0.25) is 17.7 Å². The van der Waals surface area contributed by atoms with E-state index in [2.05, 4.69) is 25.4 Å². The van der Waals surface area contributed by atoms with Crippen LogP contribution >= 0.6 is 0 Å². The molecule has 32 heavy (non-hydrogen) atoms. The van der Waals surface area contributed by atoms with E-state index in [1.165, 1.54) is 6.07 Å². The topological polar surface area (TPSA) is 104 Å². The van der Waals surface area contributed by atoms with Gasteiger partial charge in [0.1, 0.15) is 17.3 Å². The maximum atomic E-state index is 14.2. The van der Waals surface area contributed by atoms with Gasteiger partial charge in [-0.1, -0.05) is 18.2 Å². The summed E-state index contributed by atoms with van der Waals surface area (Å²) in [5.41, 5.74) is 0.461. The highest BCUT2D eigenvalue weighted by Crippen LogP contribution is 2.48. The maximum Gasteiger partial charge on any atom is 0.245 e. The summed E-state index contributed by atoms with van der Waals surface area (Å²) in [6.45, 7) is 6.41. The third-order valence-electron chi connectivity index (χ3n) is 5.53. The first-order valence-electron chi connectivity index (χ1n) is 10.4. The molecule has 9 nitrogen and oxygen atoms in total. The van der Waals surface area contributed by atoms with Crippen LogP contribution in [-0.2, 0) is 21.5 Å². The van der Waals surface area contributed by atoms with Crippen LogP contribution < -0.4 is 10.1 Å². The molecular formula is C22H21FN6O3. The predicted molar refractivity (Wildman–Crippen MR) is 115 cm³/mol. The molecule has 4 heterocycles. The second kappa shape index (κ2) is 7.40. The lowest BCUT2D eigenvalue weighted by Crippen LogP contribution is -2.38. The molecule has 0 saturated carbocycles. The van der Waals surface area contributed by atoms with Gasteiger partial charge in [-0.25, -0.2) is 19.0 Å². The highest BCUT2D eigenvalue weighted by Gasteiger charge is 2.55. The number of aliphatic imine (C=N–C) groups is 1. The lowest BCUT2D eigenvalue weighted by atomic mass is 9.86. The highest BCUT2D eigenvalue weighted by atomic mass is 19.1. The number of carbonyl (C=O) groups is 1. The van der Waals surface area contributed by atoms with Crippen molar-refractivity contribution in [3.05, 3.63) is 47.3 Å². The van der Waals surface area contributed by atoms with E-state index in [0.717, 1.165) is 0 Å². The Balaban J connectivity index is 1.57. The van der Waals surface area contributed by atoms with E-state index in [1.54, 1.807) is 35.9 Å². The van der Waals surface area contributed by atoms with Crippen molar-refractivity contribution in [3.63, 3.8) is 0 Å². The van der Waals surface area contributed by atoms with E-state index in [-0.39, 0.29) is 24.1 Å². The zero-order chi connectivity index (χ0) is 22.5. The van der Waals surface area contributed by atoms with Gasteiger partial charge in [-0.15, -0.1) is 0 Å². The number of carbonyl (C=O) groups excluding carboxylic acids is 1. The van der Waals surface area contributed by atoms with Gasteiger partial charge in [0, 0.05) is 11.6 Å². The van der Waals surface area contributed by atoms with Crippen LogP contribution in [0.3, 0.4) is 0 Å². The van der Waals surface area contributed by atoms with Gasteiger partial charge in [-0.3, -0.25) is 4.79 Å². The Labute approximate surface area is 183 Å². The van der Waals surface area contributed by atoms with Crippen molar-refractivity contribution in [2.24, 2.45) is 4.99 Å². The summed E-state index contributed by atoms with van der Waals surface area (Å²) in [5.74, 6) is 1.21. The third kappa shape index (κ3) is 2.94. The molecule has 5 rings (SSSR count). The second-order valence-electron chi connectivity index (χ2n) is 7.57. The number of anilines is 1. The Morgan fingerprint density at radius 3 is 2.69 bits per heavy atom. The average Bonchev–Trinajstić information content (AvgIpc) is 3.38. The highest BCUT2D eigenvalue weighted by molar-refractivity contribution is 6.23. The minimum absolute atomic E-state index is 0.182. The van der Waals surface area contributed by atoms with E-state index in [9.17, 15) is 9.18 Å². The Hall–Kier alpha value is -3.82. The van der Waals surface area contributed by atoms with Crippen LogP contribution in [0.4, 0.5) is 16.0 Å². The number of aromatic nitrogens is 4. The first kappa shape index (κ1) is 20.1. The second-order valence-corrected chi connectivity index (χ2v) is 7.57. The van der Waals surface area contributed by atoms with E-state index in [4.69, 9.17) is 9.47 Å². The normalized spacial score (nSPS) is 18.4. The Kier molecular flexibility index (Phi) is 4.65. The summed E-state index contributed by atoms with van der Waals surface area (Å²) in [6.07, 6.45) is 0. The molecule has 1 aromatic carbocycles. The van der Waals surface area contributed by atoms with Crippen LogP contribution in [0, 0.1) is 5.82 Å². The van der Waals surface area contributed by atoms with E-state index in [1.807, 2.05) is 13.8 Å². The lowest BCUT2D eigenvalue weighted by molar-refractivity contribution is -0.118. The van der Waals surface area contributed by atoms with Crippen molar-refractivity contribution < 1.29 is 18.7 Å². The number of nitrogens with one attached hydrogen (secondary N) is 1. The molecule has 2 aliphatic heterocycles. The predicted octanol–water partition coefficient (Wildman–Crippen LogP) is 3.22. The molecule has 2 aliphatic rings. The van der Waals surface area contributed by atoms with Crippen LogP contribution in [0.2, 0.25) is 0 Å². The van der Waals surface area contributed by atoms with Crippen LogP contribution in [0.5, 0.6) is 5.88 Å². The maximum absolute atomic E-state index is 14.2. The summed E-state index contributed by atoms with van der Waals surface area (Å²) in [7, 11) is 0. The number of ether oxygens (including phenoxy) is 2. The molecular weight excluding hydrogens is 415 g/mol. The Morgan fingerprint density at radius 1 is 1.16 bits per heavy atom. The summed E-state index contributed by atoms with van der Waals surface area (Å²) in [6, 6.07) is 8.19. The molecule has 1 amide bonds. The number of hydrogen-bond donors (Lipinski definition) is 1. The Bertz CT molecular complexity index is 1270. The zero-order valence-electron chi connectivity index (χ0n) is 17.8. The summed E-state index contributed by atoms with van der Waals surface area (Å²) in [4.78, 5) is 26.2. The molecule has 10 heteroatoms. The fourth-order valence-electron chi connectivity index (χ4n) is 3.94. The fourth-order valence-corrected chi connectivity index (χ4v) is 3.94. The van der Waals surface area contributed by atoms with Gasteiger partial charge in [0.15, 0.2) is 17.1 Å². The summed E-state index contributed by atoms with van der Waals surface area (Å²) >= 11 is 0. The van der Waals surface area contributed by atoms with Gasteiger partial charge in [0.05, 0.1) is 25.3 Å². The van der Waals surface area contributed by atoms with E-state index in [0.29, 0.717) is 53.4 Å². The van der Waals surface area contributed by atoms with Crippen molar-refractivity contribution in [1.82, 2.24) is 19.7 Å². The average molecular weight is 436 g/mol. The first-order valence-corrected chi connectivity index (χ1v) is 10.4.